The van der Waals surface area contributed by atoms with Crippen LogP contribution in [0.5, 0.6) is 0 Å². The third-order valence-electron chi connectivity index (χ3n) is 3.71. The molecular formula is C15H16ClN3OS. The highest BCUT2D eigenvalue weighted by Crippen LogP contribution is 2.49. The lowest BCUT2D eigenvalue weighted by Gasteiger charge is -2.14. The number of rotatable bonds is 5. The third kappa shape index (κ3) is 2.94. The molecule has 0 atom stereocenters. The predicted octanol–water partition coefficient (Wildman–Crippen LogP) is 3.81. The second kappa shape index (κ2) is 5.73. The molecule has 110 valence electrons. The van der Waals surface area contributed by atoms with Crippen LogP contribution in [0.15, 0.2) is 24.3 Å². The molecule has 1 heterocycles. The number of nitrogens with zero attached hydrogens (tertiary/aromatic N) is 2. The molecule has 0 saturated heterocycles. The molecular weight excluding hydrogens is 306 g/mol. The molecule has 1 N–H and O–H groups in total. The minimum atomic E-state index is -0.443. The Kier molecular flexibility index (Phi) is 3.95. The van der Waals surface area contributed by atoms with Crippen molar-refractivity contribution in [2.24, 2.45) is 0 Å². The molecule has 1 aromatic heterocycles. The zero-order valence-corrected chi connectivity index (χ0v) is 13.3. The maximum Gasteiger partial charge on any atom is 0.236 e. The average Bonchev–Trinajstić information content (AvgIpc) is 3.17. The van der Waals surface area contributed by atoms with Gasteiger partial charge in [0, 0.05) is 11.4 Å². The van der Waals surface area contributed by atoms with Gasteiger partial charge in [-0.3, -0.25) is 10.1 Å². The van der Waals surface area contributed by atoms with Crippen LogP contribution in [0.1, 0.15) is 36.8 Å². The number of halogens is 1. The molecule has 1 amide bonds. The number of carbonyl (C=O) groups is 1. The quantitative estimate of drug-likeness (QED) is 0.911. The van der Waals surface area contributed by atoms with E-state index in [2.05, 4.69) is 22.4 Å². The van der Waals surface area contributed by atoms with Crippen LogP contribution in [0.2, 0.25) is 5.02 Å². The van der Waals surface area contributed by atoms with Crippen molar-refractivity contribution in [2.75, 3.05) is 5.32 Å². The van der Waals surface area contributed by atoms with Crippen molar-refractivity contribution < 1.29 is 4.79 Å². The van der Waals surface area contributed by atoms with Gasteiger partial charge in [-0.1, -0.05) is 42.0 Å². The second-order valence-corrected chi connectivity index (χ2v) is 6.80. The number of hydrogen-bond acceptors (Lipinski definition) is 4. The summed E-state index contributed by atoms with van der Waals surface area (Å²) in [5.41, 5.74) is 0.535. The number of benzene rings is 1. The summed E-state index contributed by atoms with van der Waals surface area (Å²) in [4.78, 5) is 12.6. The summed E-state index contributed by atoms with van der Waals surface area (Å²) < 4.78 is 0. The van der Waals surface area contributed by atoms with E-state index in [1.54, 1.807) is 0 Å². The first kappa shape index (κ1) is 14.5. The molecule has 0 radical (unpaired) electrons. The second-order valence-electron chi connectivity index (χ2n) is 5.30. The van der Waals surface area contributed by atoms with Crippen molar-refractivity contribution in [1.29, 1.82) is 0 Å². The predicted molar refractivity (Wildman–Crippen MR) is 84.9 cm³/mol. The summed E-state index contributed by atoms with van der Waals surface area (Å²) >= 11 is 7.48. The highest BCUT2D eigenvalue weighted by molar-refractivity contribution is 7.15. The Balaban J connectivity index is 1.75. The monoisotopic (exact) mass is 321 g/mol. The van der Waals surface area contributed by atoms with E-state index in [1.165, 1.54) is 11.3 Å². The normalized spacial score (nSPS) is 15.7. The van der Waals surface area contributed by atoms with Crippen molar-refractivity contribution in [3.8, 4) is 0 Å². The minimum absolute atomic E-state index is 0.0102. The zero-order valence-electron chi connectivity index (χ0n) is 11.7. The van der Waals surface area contributed by atoms with Gasteiger partial charge in [-0.05, 0) is 37.0 Å². The molecule has 4 nitrogen and oxygen atoms in total. The van der Waals surface area contributed by atoms with Gasteiger partial charge in [0.2, 0.25) is 11.0 Å². The number of aryl methyl sites for hydroxylation is 1. The molecule has 0 spiro atoms. The molecule has 1 aromatic carbocycles. The number of hydrogen-bond donors (Lipinski definition) is 1. The van der Waals surface area contributed by atoms with Crippen LogP contribution < -0.4 is 5.32 Å². The van der Waals surface area contributed by atoms with E-state index in [0.29, 0.717) is 10.2 Å². The van der Waals surface area contributed by atoms with Crippen LogP contribution in [0, 0.1) is 0 Å². The van der Waals surface area contributed by atoms with E-state index in [1.807, 2.05) is 24.3 Å². The smallest absolute Gasteiger partial charge is 0.236 e. The van der Waals surface area contributed by atoms with E-state index in [4.69, 9.17) is 11.6 Å². The Morgan fingerprint density at radius 2 is 2.24 bits per heavy atom. The molecule has 6 heteroatoms. The Labute approximate surface area is 132 Å². The van der Waals surface area contributed by atoms with Crippen LogP contribution in [0.25, 0.3) is 0 Å². The van der Waals surface area contributed by atoms with Crippen LogP contribution >= 0.6 is 22.9 Å². The Bertz CT molecular complexity index is 666. The largest absolute Gasteiger partial charge is 0.300 e. The number of carbonyl (C=O) groups excluding carboxylic acids is 1. The van der Waals surface area contributed by atoms with Crippen molar-refractivity contribution >= 4 is 34.0 Å². The highest BCUT2D eigenvalue weighted by Gasteiger charge is 2.51. The van der Waals surface area contributed by atoms with Crippen molar-refractivity contribution in [3.05, 3.63) is 39.9 Å². The molecule has 0 aliphatic heterocycles. The minimum Gasteiger partial charge on any atom is -0.300 e. The molecule has 0 unspecified atom stereocenters. The van der Waals surface area contributed by atoms with E-state index in [-0.39, 0.29) is 5.91 Å². The Morgan fingerprint density at radius 3 is 2.90 bits per heavy atom. The van der Waals surface area contributed by atoms with Crippen LogP contribution in [-0.4, -0.2) is 16.1 Å². The van der Waals surface area contributed by atoms with E-state index in [0.717, 1.165) is 36.3 Å². The standard InChI is InChI=1S/C15H16ClN3OS/c1-2-4-12-18-19-14(21-12)17-13(20)15(7-8-15)10-5-3-6-11(16)9-10/h3,5-6,9H,2,4,7-8H2,1H3,(H,17,19,20). The molecule has 2 aromatic rings. The lowest BCUT2D eigenvalue weighted by atomic mass is 9.95. The van der Waals surface area contributed by atoms with E-state index >= 15 is 0 Å². The summed E-state index contributed by atoms with van der Waals surface area (Å²) in [6.07, 6.45) is 3.61. The Morgan fingerprint density at radius 1 is 1.43 bits per heavy atom. The van der Waals surface area contributed by atoms with Gasteiger partial charge in [0.25, 0.3) is 0 Å². The van der Waals surface area contributed by atoms with Crippen molar-refractivity contribution in [1.82, 2.24) is 10.2 Å². The van der Waals surface area contributed by atoms with Gasteiger partial charge in [0.05, 0.1) is 5.41 Å². The SMILES string of the molecule is CCCc1nnc(NC(=O)C2(c3cccc(Cl)c3)CC2)s1. The van der Waals surface area contributed by atoms with Gasteiger partial charge in [-0.25, -0.2) is 0 Å². The fourth-order valence-corrected chi connectivity index (χ4v) is 3.42. The first-order chi connectivity index (χ1) is 10.1. The molecule has 0 bridgehead atoms. The van der Waals surface area contributed by atoms with Gasteiger partial charge in [0.15, 0.2) is 0 Å². The summed E-state index contributed by atoms with van der Waals surface area (Å²) in [6.45, 7) is 2.10. The third-order valence-corrected chi connectivity index (χ3v) is 4.85. The maximum absolute atomic E-state index is 12.6. The topological polar surface area (TPSA) is 54.9 Å². The number of amides is 1. The fraction of sp³-hybridized carbons (Fsp3) is 0.400. The number of nitrogens with one attached hydrogen (secondary N) is 1. The van der Waals surface area contributed by atoms with Crippen molar-refractivity contribution in [2.45, 2.75) is 38.0 Å². The van der Waals surface area contributed by atoms with Gasteiger partial charge < -0.3 is 0 Å². The Hall–Kier alpha value is -1.46. The number of aromatic nitrogens is 2. The molecule has 1 aliphatic carbocycles. The lowest BCUT2D eigenvalue weighted by Crippen LogP contribution is -2.27. The molecule has 1 aliphatic rings. The van der Waals surface area contributed by atoms with E-state index < -0.39 is 5.41 Å². The van der Waals surface area contributed by atoms with Gasteiger partial charge >= 0.3 is 0 Å². The summed E-state index contributed by atoms with van der Waals surface area (Å²) in [5.74, 6) is -0.0102. The first-order valence-corrected chi connectivity index (χ1v) is 8.23. The van der Waals surface area contributed by atoms with Crippen LogP contribution in [-0.2, 0) is 16.6 Å². The summed E-state index contributed by atoms with van der Waals surface area (Å²) in [7, 11) is 0. The van der Waals surface area contributed by atoms with Gasteiger partial charge in [-0.2, -0.15) is 0 Å². The lowest BCUT2D eigenvalue weighted by molar-refractivity contribution is -0.118. The van der Waals surface area contributed by atoms with Crippen molar-refractivity contribution in [3.63, 3.8) is 0 Å². The summed E-state index contributed by atoms with van der Waals surface area (Å²) in [5, 5.41) is 13.2. The van der Waals surface area contributed by atoms with Crippen LogP contribution in [0.3, 0.4) is 0 Å². The molecule has 1 fully saturated rings. The number of anilines is 1. The van der Waals surface area contributed by atoms with Gasteiger partial charge in [-0.15, -0.1) is 10.2 Å². The fourth-order valence-electron chi connectivity index (χ4n) is 2.39. The molecule has 3 rings (SSSR count). The van der Waals surface area contributed by atoms with Crippen LogP contribution in [0.4, 0.5) is 5.13 Å². The molecule has 1 saturated carbocycles. The van der Waals surface area contributed by atoms with E-state index in [9.17, 15) is 4.79 Å². The maximum atomic E-state index is 12.6. The average molecular weight is 322 g/mol. The first-order valence-electron chi connectivity index (χ1n) is 7.04. The highest BCUT2D eigenvalue weighted by atomic mass is 35.5. The zero-order chi connectivity index (χ0) is 14.9. The van der Waals surface area contributed by atoms with Gasteiger partial charge in [0.1, 0.15) is 5.01 Å². The molecule has 21 heavy (non-hydrogen) atoms. The summed E-state index contributed by atoms with van der Waals surface area (Å²) in [6, 6.07) is 7.54.